The van der Waals surface area contributed by atoms with Crippen molar-refractivity contribution < 1.29 is 4.39 Å². The van der Waals surface area contributed by atoms with E-state index in [1.165, 1.54) is 6.07 Å². The first kappa shape index (κ1) is 18.4. The van der Waals surface area contributed by atoms with Crippen LogP contribution in [0.2, 0.25) is 0 Å². The van der Waals surface area contributed by atoms with Crippen molar-refractivity contribution in [3.8, 4) is 11.1 Å². The SMILES string of the molecule is CN(C)c1ccccc1-c1ccccc1/C(=N/NN)Nc1ccccc1F. The highest BCUT2D eigenvalue weighted by Gasteiger charge is 2.15. The number of rotatable bonds is 5. The van der Waals surface area contributed by atoms with Gasteiger partial charge in [-0.15, -0.1) is 5.10 Å². The number of hydrazine groups is 1. The minimum Gasteiger partial charge on any atom is -0.377 e. The van der Waals surface area contributed by atoms with E-state index in [0.29, 0.717) is 11.5 Å². The largest absolute Gasteiger partial charge is 0.377 e. The number of hydrazone groups is 1. The lowest BCUT2D eigenvalue weighted by atomic mass is 9.97. The summed E-state index contributed by atoms with van der Waals surface area (Å²) in [7, 11) is 3.99. The van der Waals surface area contributed by atoms with Gasteiger partial charge in [0.25, 0.3) is 0 Å². The molecule has 0 aliphatic rings. The number of halogens is 1. The third-order valence-corrected chi connectivity index (χ3v) is 4.16. The summed E-state index contributed by atoms with van der Waals surface area (Å²) in [6.45, 7) is 0. The van der Waals surface area contributed by atoms with Crippen molar-refractivity contribution in [2.75, 3.05) is 24.3 Å². The minimum atomic E-state index is -0.367. The molecule has 0 bridgehead atoms. The van der Waals surface area contributed by atoms with Crippen LogP contribution in [0.25, 0.3) is 11.1 Å². The van der Waals surface area contributed by atoms with E-state index in [4.69, 9.17) is 5.84 Å². The maximum Gasteiger partial charge on any atom is 0.159 e. The molecule has 0 spiro atoms. The number of hydrogen-bond acceptors (Lipinski definition) is 4. The Kier molecular flexibility index (Phi) is 5.68. The fraction of sp³-hybridized carbons (Fsp3) is 0.0952. The number of nitrogens with one attached hydrogen (secondary N) is 2. The Balaban J connectivity index is 2.11. The second-order valence-corrected chi connectivity index (χ2v) is 6.15. The lowest BCUT2D eigenvalue weighted by Gasteiger charge is -2.20. The molecule has 0 aliphatic heterocycles. The zero-order chi connectivity index (χ0) is 19.2. The molecule has 27 heavy (non-hydrogen) atoms. The molecule has 0 radical (unpaired) electrons. The van der Waals surface area contributed by atoms with Crippen molar-refractivity contribution >= 4 is 17.2 Å². The first-order valence-corrected chi connectivity index (χ1v) is 8.52. The Hall–Kier alpha value is -3.38. The molecule has 0 aromatic heterocycles. The van der Waals surface area contributed by atoms with Gasteiger partial charge in [-0.2, -0.15) is 0 Å². The molecule has 0 unspecified atom stereocenters. The van der Waals surface area contributed by atoms with E-state index in [2.05, 4.69) is 26.9 Å². The van der Waals surface area contributed by atoms with Gasteiger partial charge in [0.05, 0.1) is 5.69 Å². The van der Waals surface area contributed by atoms with Gasteiger partial charge in [-0.05, 0) is 23.8 Å². The molecule has 5 nitrogen and oxygen atoms in total. The van der Waals surface area contributed by atoms with E-state index >= 15 is 0 Å². The molecular weight excluding hydrogens is 341 g/mol. The third-order valence-electron chi connectivity index (χ3n) is 4.16. The van der Waals surface area contributed by atoms with Crippen LogP contribution >= 0.6 is 0 Å². The van der Waals surface area contributed by atoms with Crippen molar-refractivity contribution in [1.82, 2.24) is 5.53 Å². The molecule has 3 aromatic carbocycles. The van der Waals surface area contributed by atoms with Crippen molar-refractivity contribution in [3.63, 3.8) is 0 Å². The van der Waals surface area contributed by atoms with Crippen LogP contribution in [0.5, 0.6) is 0 Å². The van der Waals surface area contributed by atoms with E-state index in [1.54, 1.807) is 18.2 Å². The van der Waals surface area contributed by atoms with Gasteiger partial charge in [0.15, 0.2) is 5.84 Å². The first-order valence-electron chi connectivity index (χ1n) is 8.52. The number of amidine groups is 1. The molecule has 0 aliphatic carbocycles. The molecule has 0 saturated heterocycles. The number of para-hydroxylation sites is 2. The molecule has 3 aromatic rings. The molecule has 0 heterocycles. The molecular formula is C21H22FN5. The molecule has 6 heteroatoms. The summed E-state index contributed by atoms with van der Waals surface area (Å²) in [5.74, 6) is 5.50. The van der Waals surface area contributed by atoms with Crippen molar-refractivity contribution in [2.45, 2.75) is 0 Å². The minimum absolute atomic E-state index is 0.321. The zero-order valence-corrected chi connectivity index (χ0v) is 15.3. The Morgan fingerprint density at radius 2 is 1.52 bits per heavy atom. The summed E-state index contributed by atoms with van der Waals surface area (Å²) < 4.78 is 14.1. The lowest BCUT2D eigenvalue weighted by Crippen LogP contribution is -2.24. The fourth-order valence-electron chi connectivity index (χ4n) is 2.93. The van der Waals surface area contributed by atoms with Crippen LogP contribution in [0.1, 0.15) is 5.56 Å². The van der Waals surface area contributed by atoms with Crippen LogP contribution in [0.15, 0.2) is 77.9 Å². The quantitative estimate of drug-likeness (QED) is 0.279. The van der Waals surface area contributed by atoms with E-state index in [0.717, 1.165) is 22.4 Å². The summed E-state index contributed by atoms with van der Waals surface area (Å²) in [5, 5.41) is 7.19. The van der Waals surface area contributed by atoms with E-state index in [1.807, 2.05) is 56.6 Å². The Morgan fingerprint density at radius 1 is 0.889 bits per heavy atom. The van der Waals surface area contributed by atoms with E-state index < -0.39 is 0 Å². The standard InChI is InChI=1S/C21H22FN5/c1-27(2)20-14-8-5-10-16(20)15-9-3-4-11-17(15)21(25-26-23)24-19-13-7-6-12-18(19)22/h3-14,26H,23H2,1-2H3,(H,24,25). The highest BCUT2D eigenvalue weighted by Crippen LogP contribution is 2.32. The smallest absolute Gasteiger partial charge is 0.159 e. The summed E-state index contributed by atoms with van der Waals surface area (Å²) in [5.41, 5.74) is 6.50. The average Bonchev–Trinajstić information content (AvgIpc) is 2.69. The number of benzene rings is 3. The summed E-state index contributed by atoms with van der Waals surface area (Å²) in [4.78, 5) is 2.05. The lowest BCUT2D eigenvalue weighted by molar-refractivity contribution is 0.632. The van der Waals surface area contributed by atoms with Crippen LogP contribution in [0.3, 0.4) is 0 Å². The van der Waals surface area contributed by atoms with Gasteiger partial charge in [0.1, 0.15) is 5.82 Å². The highest BCUT2D eigenvalue weighted by molar-refractivity contribution is 6.12. The van der Waals surface area contributed by atoms with Gasteiger partial charge in [-0.1, -0.05) is 54.6 Å². The van der Waals surface area contributed by atoms with Crippen LogP contribution in [0.4, 0.5) is 15.8 Å². The van der Waals surface area contributed by atoms with E-state index in [9.17, 15) is 4.39 Å². The van der Waals surface area contributed by atoms with Crippen LogP contribution in [0, 0.1) is 5.82 Å². The molecule has 0 saturated carbocycles. The van der Waals surface area contributed by atoms with Crippen molar-refractivity contribution in [1.29, 1.82) is 0 Å². The first-order chi connectivity index (χ1) is 13.1. The van der Waals surface area contributed by atoms with Crippen LogP contribution in [-0.4, -0.2) is 19.9 Å². The number of nitrogens with two attached hydrogens (primary N) is 1. The average molecular weight is 363 g/mol. The topological polar surface area (TPSA) is 65.7 Å². The molecule has 4 N–H and O–H groups in total. The number of nitrogens with zero attached hydrogens (tertiary/aromatic N) is 2. The molecule has 0 amide bonds. The molecule has 0 atom stereocenters. The number of hydrogen-bond donors (Lipinski definition) is 3. The van der Waals surface area contributed by atoms with Gasteiger partial charge in [0.2, 0.25) is 0 Å². The van der Waals surface area contributed by atoms with Gasteiger partial charge in [-0.25, -0.2) is 15.8 Å². The molecule has 3 rings (SSSR count). The Morgan fingerprint density at radius 3 is 2.22 bits per heavy atom. The summed E-state index contributed by atoms with van der Waals surface area (Å²) in [6.07, 6.45) is 0. The molecule has 0 fully saturated rings. The predicted octanol–water partition coefficient (Wildman–Crippen LogP) is 3.80. The predicted molar refractivity (Wildman–Crippen MR) is 110 cm³/mol. The van der Waals surface area contributed by atoms with Gasteiger partial charge in [-0.3, -0.25) is 0 Å². The Labute approximate surface area is 158 Å². The second-order valence-electron chi connectivity index (χ2n) is 6.15. The maximum absolute atomic E-state index is 14.1. The zero-order valence-electron chi connectivity index (χ0n) is 15.3. The molecule has 138 valence electrons. The van der Waals surface area contributed by atoms with Gasteiger partial charge < -0.3 is 10.2 Å². The second kappa shape index (κ2) is 8.33. The van der Waals surface area contributed by atoms with Crippen LogP contribution < -0.4 is 21.6 Å². The van der Waals surface area contributed by atoms with Gasteiger partial charge in [0, 0.05) is 30.9 Å². The van der Waals surface area contributed by atoms with E-state index in [-0.39, 0.29) is 5.82 Å². The van der Waals surface area contributed by atoms with Crippen molar-refractivity contribution in [2.24, 2.45) is 10.9 Å². The normalized spacial score (nSPS) is 11.2. The van der Waals surface area contributed by atoms with Crippen LogP contribution in [-0.2, 0) is 0 Å². The highest BCUT2D eigenvalue weighted by atomic mass is 19.1. The maximum atomic E-state index is 14.1. The van der Waals surface area contributed by atoms with Gasteiger partial charge >= 0.3 is 0 Å². The number of anilines is 2. The monoisotopic (exact) mass is 363 g/mol. The van der Waals surface area contributed by atoms with Crippen molar-refractivity contribution in [3.05, 3.63) is 84.2 Å². The fourth-order valence-corrected chi connectivity index (χ4v) is 2.93. The summed E-state index contributed by atoms with van der Waals surface area (Å²) >= 11 is 0. The summed E-state index contributed by atoms with van der Waals surface area (Å²) in [6, 6.07) is 22.3. The third kappa shape index (κ3) is 4.07. The Bertz CT molecular complexity index is 953.